The van der Waals surface area contributed by atoms with Gasteiger partial charge in [-0.05, 0) is 36.2 Å². The van der Waals surface area contributed by atoms with Crippen molar-refractivity contribution in [3.05, 3.63) is 81.9 Å². The zero-order valence-electron chi connectivity index (χ0n) is 14.4. The molecule has 0 N–H and O–H groups in total. The van der Waals surface area contributed by atoms with Crippen LogP contribution in [0.1, 0.15) is 34.8 Å². The molecule has 130 valence electrons. The molecule has 0 saturated heterocycles. The van der Waals surface area contributed by atoms with E-state index in [1.54, 1.807) is 41.4 Å². The van der Waals surface area contributed by atoms with Gasteiger partial charge in [-0.2, -0.15) is 5.26 Å². The van der Waals surface area contributed by atoms with Gasteiger partial charge in [0, 0.05) is 25.5 Å². The number of hydrogen-bond acceptors (Lipinski definition) is 4. The summed E-state index contributed by atoms with van der Waals surface area (Å²) in [6, 6.07) is 14.4. The number of nitriles is 1. The van der Waals surface area contributed by atoms with Crippen LogP contribution in [0.2, 0.25) is 0 Å². The Labute approximate surface area is 151 Å². The average molecular weight is 346 g/mol. The van der Waals surface area contributed by atoms with Crippen LogP contribution in [0.4, 0.5) is 0 Å². The second kappa shape index (κ2) is 7.62. The van der Waals surface area contributed by atoms with Gasteiger partial charge in [-0.25, -0.2) is 4.98 Å². The molecule has 0 radical (unpaired) electrons. The van der Waals surface area contributed by atoms with E-state index in [-0.39, 0.29) is 17.0 Å². The second-order valence-corrected chi connectivity index (χ2v) is 5.94. The van der Waals surface area contributed by atoms with E-state index in [0.717, 1.165) is 12.0 Å². The van der Waals surface area contributed by atoms with Crippen LogP contribution in [0.3, 0.4) is 0 Å². The van der Waals surface area contributed by atoms with E-state index in [9.17, 15) is 9.59 Å². The Kier molecular flexibility index (Phi) is 5.09. The Balaban J connectivity index is 1.92. The zero-order valence-corrected chi connectivity index (χ0v) is 14.4. The molecule has 0 aliphatic carbocycles. The van der Waals surface area contributed by atoms with E-state index in [1.165, 1.54) is 10.6 Å². The molecule has 0 aliphatic rings. The monoisotopic (exact) mass is 346 g/mol. The normalized spacial score (nSPS) is 10.5. The molecule has 3 rings (SSSR count). The molecular weight excluding hydrogens is 328 g/mol. The summed E-state index contributed by atoms with van der Waals surface area (Å²) in [5.74, 6) is -0.341. The number of carbonyl (C=O) groups is 1. The van der Waals surface area contributed by atoms with Crippen molar-refractivity contribution in [1.82, 2.24) is 14.3 Å². The summed E-state index contributed by atoms with van der Waals surface area (Å²) in [5, 5.41) is 8.89. The summed E-state index contributed by atoms with van der Waals surface area (Å²) in [5.41, 5.74) is 1.65. The minimum Gasteiger partial charge on any atom is -0.334 e. The Morgan fingerprint density at radius 2 is 2.00 bits per heavy atom. The Morgan fingerprint density at radius 3 is 2.69 bits per heavy atom. The largest absolute Gasteiger partial charge is 0.334 e. The molecule has 6 nitrogen and oxygen atoms in total. The number of carbonyl (C=O) groups excluding carboxylic acids is 1. The predicted molar refractivity (Wildman–Crippen MR) is 97.7 cm³/mol. The van der Waals surface area contributed by atoms with E-state index >= 15 is 0 Å². The van der Waals surface area contributed by atoms with E-state index in [4.69, 9.17) is 5.26 Å². The number of fused-ring (bicyclic) bond motifs is 1. The van der Waals surface area contributed by atoms with Crippen molar-refractivity contribution in [3.63, 3.8) is 0 Å². The first kappa shape index (κ1) is 17.4. The molecule has 3 aromatic rings. The summed E-state index contributed by atoms with van der Waals surface area (Å²) >= 11 is 0. The third-order valence-corrected chi connectivity index (χ3v) is 4.08. The van der Waals surface area contributed by atoms with Crippen LogP contribution < -0.4 is 5.56 Å². The molecule has 2 heterocycles. The van der Waals surface area contributed by atoms with Crippen LogP contribution in [0.25, 0.3) is 5.65 Å². The lowest BCUT2D eigenvalue weighted by Crippen LogP contribution is -2.36. The molecule has 2 aromatic heterocycles. The van der Waals surface area contributed by atoms with Crippen molar-refractivity contribution in [2.75, 3.05) is 6.54 Å². The van der Waals surface area contributed by atoms with Crippen molar-refractivity contribution >= 4 is 11.6 Å². The number of nitrogens with zero attached hydrogens (tertiary/aromatic N) is 4. The van der Waals surface area contributed by atoms with Gasteiger partial charge in [0.2, 0.25) is 0 Å². The van der Waals surface area contributed by atoms with E-state index < -0.39 is 0 Å². The highest BCUT2D eigenvalue weighted by molar-refractivity contribution is 5.93. The molecule has 0 fully saturated rings. The summed E-state index contributed by atoms with van der Waals surface area (Å²) in [6.45, 7) is 2.87. The third kappa shape index (κ3) is 3.47. The van der Waals surface area contributed by atoms with E-state index in [0.29, 0.717) is 24.3 Å². The van der Waals surface area contributed by atoms with E-state index in [1.807, 2.05) is 19.1 Å². The Morgan fingerprint density at radius 1 is 1.23 bits per heavy atom. The van der Waals surface area contributed by atoms with Crippen molar-refractivity contribution < 1.29 is 4.79 Å². The minimum atomic E-state index is -0.374. The molecule has 6 heteroatoms. The van der Waals surface area contributed by atoms with Gasteiger partial charge in [-0.15, -0.1) is 0 Å². The van der Waals surface area contributed by atoms with Gasteiger partial charge >= 0.3 is 0 Å². The topological polar surface area (TPSA) is 78.5 Å². The van der Waals surface area contributed by atoms with Gasteiger partial charge in [0.25, 0.3) is 11.5 Å². The smallest absolute Gasteiger partial charge is 0.270 e. The molecular formula is C20H18N4O2. The fourth-order valence-electron chi connectivity index (χ4n) is 2.77. The lowest BCUT2D eigenvalue weighted by molar-refractivity contribution is 0.0740. The Hall–Kier alpha value is -3.46. The molecule has 0 spiro atoms. The summed E-state index contributed by atoms with van der Waals surface area (Å²) < 4.78 is 1.37. The molecule has 0 bridgehead atoms. The van der Waals surface area contributed by atoms with Crippen LogP contribution in [0, 0.1) is 11.3 Å². The number of pyridine rings is 1. The minimum absolute atomic E-state index is 0.0517. The van der Waals surface area contributed by atoms with Gasteiger partial charge < -0.3 is 4.90 Å². The molecule has 1 aromatic carbocycles. The van der Waals surface area contributed by atoms with Crippen LogP contribution in [-0.2, 0) is 6.54 Å². The summed E-state index contributed by atoms with van der Waals surface area (Å²) in [7, 11) is 0. The maximum absolute atomic E-state index is 12.9. The number of hydrogen-bond donors (Lipinski definition) is 0. The van der Waals surface area contributed by atoms with Gasteiger partial charge in [-0.1, -0.05) is 25.1 Å². The van der Waals surface area contributed by atoms with Crippen LogP contribution in [-0.4, -0.2) is 26.7 Å². The molecule has 0 aliphatic heterocycles. The van der Waals surface area contributed by atoms with Gasteiger partial charge in [0.15, 0.2) is 0 Å². The maximum Gasteiger partial charge on any atom is 0.270 e. The van der Waals surface area contributed by atoms with Gasteiger partial charge in [0.1, 0.15) is 11.2 Å². The standard InChI is InChI=1S/C20H18N4O2/c1-2-10-23(14-16-8-6-15(12-21)7-9-16)19(25)17-13-22-18-5-3-4-11-24(18)20(17)26/h3-9,11,13H,2,10,14H2,1H3. The van der Waals surface area contributed by atoms with Crippen LogP contribution in [0.5, 0.6) is 0 Å². The van der Waals surface area contributed by atoms with Crippen molar-refractivity contribution in [2.24, 2.45) is 0 Å². The highest BCUT2D eigenvalue weighted by atomic mass is 16.2. The molecule has 26 heavy (non-hydrogen) atoms. The summed E-state index contributed by atoms with van der Waals surface area (Å²) in [4.78, 5) is 31.4. The molecule has 0 unspecified atom stereocenters. The van der Waals surface area contributed by atoms with Crippen molar-refractivity contribution in [2.45, 2.75) is 19.9 Å². The second-order valence-electron chi connectivity index (χ2n) is 5.94. The fourth-order valence-corrected chi connectivity index (χ4v) is 2.77. The highest BCUT2D eigenvalue weighted by Crippen LogP contribution is 2.10. The van der Waals surface area contributed by atoms with Crippen molar-refractivity contribution in [3.8, 4) is 6.07 Å². The molecule has 1 amide bonds. The quantitative estimate of drug-likeness (QED) is 0.711. The Bertz CT molecular complexity index is 1030. The number of aromatic nitrogens is 2. The first-order valence-electron chi connectivity index (χ1n) is 8.38. The summed E-state index contributed by atoms with van der Waals surface area (Å²) in [6.07, 6.45) is 3.72. The lowest BCUT2D eigenvalue weighted by atomic mass is 10.1. The maximum atomic E-state index is 12.9. The predicted octanol–water partition coefficient (Wildman–Crippen LogP) is 2.62. The highest BCUT2D eigenvalue weighted by Gasteiger charge is 2.20. The molecule has 0 atom stereocenters. The third-order valence-electron chi connectivity index (χ3n) is 4.08. The SMILES string of the molecule is CCCN(Cc1ccc(C#N)cc1)C(=O)c1cnc2ccccn2c1=O. The van der Waals surface area contributed by atoms with Crippen molar-refractivity contribution in [1.29, 1.82) is 5.26 Å². The molecule has 0 saturated carbocycles. The van der Waals surface area contributed by atoms with E-state index in [2.05, 4.69) is 11.1 Å². The first-order valence-corrected chi connectivity index (χ1v) is 8.38. The number of benzene rings is 1. The number of amides is 1. The lowest BCUT2D eigenvalue weighted by Gasteiger charge is -2.22. The first-order chi connectivity index (χ1) is 12.6. The zero-order chi connectivity index (χ0) is 18.5. The van der Waals surface area contributed by atoms with Gasteiger partial charge in [0.05, 0.1) is 11.6 Å². The van der Waals surface area contributed by atoms with Crippen LogP contribution in [0.15, 0.2) is 59.7 Å². The average Bonchev–Trinajstić information content (AvgIpc) is 2.68. The van der Waals surface area contributed by atoms with Crippen LogP contribution >= 0.6 is 0 Å². The van der Waals surface area contributed by atoms with Gasteiger partial charge in [-0.3, -0.25) is 14.0 Å². The fraction of sp³-hybridized carbons (Fsp3) is 0.200. The number of rotatable bonds is 5.